The number of carbonyl (C=O) groups is 1. The van der Waals surface area contributed by atoms with Crippen LogP contribution in [0.4, 0.5) is 0 Å². The summed E-state index contributed by atoms with van der Waals surface area (Å²) in [5, 5.41) is 0. The van der Waals surface area contributed by atoms with Gasteiger partial charge < -0.3 is 18.6 Å². The average molecular weight is 96.4 g/mol. The van der Waals surface area contributed by atoms with Gasteiger partial charge in [0.2, 0.25) is 0 Å². The maximum Gasteiger partial charge on any atom is 2.00 e. The summed E-state index contributed by atoms with van der Waals surface area (Å²) in [4.78, 5) is 8.69. The maximum atomic E-state index is 8.69. The third-order valence-electron chi connectivity index (χ3n) is 0. The Morgan fingerprint density at radius 2 is 1.50 bits per heavy atom. The SMILES string of the molecule is [CH2-]C.[CH2-]C=O.[Mg+2]. The summed E-state index contributed by atoms with van der Waals surface area (Å²) in [6, 6.07) is 0. The molecule has 0 aliphatic heterocycles. The van der Waals surface area contributed by atoms with Gasteiger partial charge in [0, 0.05) is 0 Å². The molecule has 0 aromatic heterocycles. The van der Waals surface area contributed by atoms with Gasteiger partial charge in [-0.1, -0.05) is 0 Å². The largest absolute Gasteiger partial charge is 2.00 e. The molecule has 0 unspecified atom stereocenters. The zero-order valence-electron chi connectivity index (χ0n) is 4.11. The molecule has 0 aliphatic rings. The van der Waals surface area contributed by atoms with Crippen molar-refractivity contribution in [3.05, 3.63) is 13.8 Å². The van der Waals surface area contributed by atoms with Gasteiger partial charge >= 0.3 is 23.1 Å². The van der Waals surface area contributed by atoms with Gasteiger partial charge in [0.1, 0.15) is 0 Å². The minimum atomic E-state index is 0. The van der Waals surface area contributed by atoms with E-state index in [1.807, 2.05) is 0 Å². The van der Waals surface area contributed by atoms with Gasteiger partial charge in [-0.3, -0.25) is 0 Å². The van der Waals surface area contributed by atoms with E-state index in [0.717, 1.165) is 0 Å². The van der Waals surface area contributed by atoms with E-state index in [2.05, 4.69) is 13.8 Å². The van der Waals surface area contributed by atoms with Crippen molar-refractivity contribution in [2.45, 2.75) is 6.92 Å². The Morgan fingerprint density at radius 1 is 1.50 bits per heavy atom. The standard InChI is InChI=1S/C2H3O.C2H5.Mg/c1-2-3;1-2;/h2H,1H2;1H2,2H3;/q2*-1;+2. The minimum Gasteiger partial charge on any atom is -0.346 e. The first-order valence-corrected chi connectivity index (χ1v) is 1.35. The van der Waals surface area contributed by atoms with Crippen LogP contribution in [0.15, 0.2) is 0 Å². The normalized spacial score (nSPS) is 3.00. The molecule has 0 bridgehead atoms. The summed E-state index contributed by atoms with van der Waals surface area (Å²) in [5.74, 6) is 0. The second kappa shape index (κ2) is 57.7. The Hall–Kier alpha value is 0.306. The summed E-state index contributed by atoms with van der Waals surface area (Å²) in [5.41, 5.74) is 0. The van der Waals surface area contributed by atoms with Gasteiger partial charge in [-0.15, -0.1) is 0 Å². The summed E-state index contributed by atoms with van der Waals surface area (Å²) in [7, 11) is 0. The van der Waals surface area contributed by atoms with Gasteiger partial charge in [0.15, 0.2) is 0 Å². The topological polar surface area (TPSA) is 17.1 Å². The fraction of sp³-hybridized carbons (Fsp3) is 0.250. The van der Waals surface area contributed by atoms with Crippen molar-refractivity contribution in [2.75, 3.05) is 0 Å². The van der Waals surface area contributed by atoms with Gasteiger partial charge in [-0.2, -0.15) is 6.92 Å². The molecule has 0 radical (unpaired) electrons. The van der Waals surface area contributed by atoms with Crippen molar-refractivity contribution < 1.29 is 4.79 Å². The van der Waals surface area contributed by atoms with E-state index < -0.39 is 0 Å². The molecular formula is C4H8MgO. The molecule has 0 amide bonds. The van der Waals surface area contributed by atoms with Crippen LogP contribution in [0.25, 0.3) is 0 Å². The van der Waals surface area contributed by atoms with Crippen LogP contribution in [-0.2, 0) is 4.79 Å². The Balaban J connectivity index is -0.0000000275. The Kier molecular flexibility index (Phi) is 156. The molecule has 6 heavy (non-hydrogen) atoms. The fourth-order valence-electron chi connectivity index (χ4n) is 0. The molecule has 0 aromatic carbocycles. The van der Waals surface area contributed by atoms with Crippen LogP contribution in [-0.4, -0.2) is 29.3 Å². The third-order valence-corrected chi connectivity index (χ3v) is 0. The summed E-state index contributed by atoms with van der Waals surface area (Å²) >= 11 is 0. The van der Waals surface area contributed by atoms with Crippen molar-refractivity contribution in [3.63, 3.8) is 0 Å². The Bertz CT molecular complexity index is 15.0. The van der Waals surface area contributed by atoms with E-state index in [1.165, 1.54) is 0 Å². The van der Waals surface area contributed by atoms with Crippen LogP contribution in [0, 0.1) is 13.8 Å². The first kappa shape index (κ1) is 16.2. The van der Waals surface area contributed by atoms with Crippen molar-refractivity contribution in [3.8, 4) is 0 Å². The molecule has 0 fully saturated rings. The van der Waals surface area contributed by atoms with Crippen LogP contribution < -0.4 is 0 Å². The van der Waals surface area contributed by atoms with E-state index in [9.17, 15) is 0 Å². The van der Waals surface area contributed by atoms with E-state index in [4.69, 9.17) is 4.79 Å². The zero-order valence-corrected chi connectivity index (χ0v) is 5.52. The fourth-order valence-corrected chi connectivity index (χ4v) is 0. The third kappa shape index (κ3) is 502. The molecule has 1 nitrogen and oxygen atoms in total. The van der Waals surface area contributed by atoms with Crippen LogP contribution in [0.1, 0.15) is 6.92 Å². The van der Waals surface area contributed by atoms with Crippen molar-refractivity contribution in [1.82, 2.24) is 0 Å². The summed E-state index contributed by atoms with van der Waals surface area (Å²) < 4.78 is 0. The zero-order chi connectivity index (χ0) is 4.71. The van der Waals surface area contributed by atoms with Crippen molar-refractivity contribution >= 4 is 29.3 Å². The molecular weight excluding hydrogens is 88.3 g/mol. The number of rotatable bonds is 0. The number of hydrogen-bond donors (Lipinski definition) is 0. The Morgan fingerprint density at radius 3 is 1.50 bits per heavy atom. The molecule has 0 aromatic rings. The Labute approximate surface area is 55.3 Å². The first-order chi connectivity index (χ1) is 2.41. The van der Waals surface area contributed by atoms with Gasteiger partial charge in [-0.25, -0.2) is 0 Å². The quantitative estimate of drug-likeness (QED) is 0.244. The molecule has 2 heteroatoms. The number of aldehydes is 1. The first-order valence-electron chi connectivity index (χ1n) is 1.35. The van der Waals surface area contributed by atoms with Crippen molar-refractivity contribution in [1.29, 1.82) is 0 Å². The summed E-state index contributed by atoms with van der Waals surface area (Å²) in [6.07, 6.45) is 0.500. The second-order valence-corrected chi connectivity index (χ2v) is 0.167. The molecule has 0 spiro atoms. The van der Waals surface area contributed by atoms with Gasteiger partial charge in [0.25, 0.3) is 0 Å². The van der Waals surface area contributed by atoms with E-state index in [-0.39, 0.29) is 23.1 Å². The van der Waals surface area contributed by atoms with E-state index in [0.29, 0.717) is 6.29 Å². The molecule has 0 N–H and O–H groups in total. The van der Waals surface area contributed by atoms with Crippen LogP contribution in [0.5, 0.6) is 0 Å². The molecule has 0 saturated carbocycles. The van der Waals surface area contributed by atoms with Crippen LogP contribution in [0.3, 0.4) is 0 Å². The molecule has 32 valence electrons. The van der Waals surface area contributed by atoms with Gasteiger partial charge in [-0.05, 0) is 6.29 Å². The molecule has 0 heterocycles. The average Bonchev–Trinajstić information content (AvgIpc) is 1.46. The second-order valence-electron chi connectivity index (χ2n) is 0.167. The number of carbonyl (C=O) groups excluding carboxylic acids is 1. The minimum absolute atomic E-state index is 0. The molecule has 0 atom stereocenters. The van der Waals surface area contributed by atoms with Crippen LogP contribution in [0.2, 0.25) is 0 Å². The monoisotopic (exact) mass is 96.0 g/mol. The smallest absolute Gasteiger partial charge is 0.346 e. The van der Waals surface area contributed by atoms with Crippen molar-refractivity contribution in [2.24, 2.45) is 0 Å². The molecule has 0 aliphatic carbocycles. The van der Waals surface area contributed by atoms with E-state index in [1.54, 1.807) is 6.92 Å². The summed E-state index contributed by atoms with van der Waals surface area (Å²) in [6.45, 7) is 7.81. The maximum absolute atomic E-state index is 8.69. The van der Waals surface area contributed by atoms with E-state index >= 15 is 0 Å². The predicted octanol–water partition coefficient (Wildman–Crippen LogP) is 0.479. The molecule has 0 saturated heterocycles. The number of hydrogen-bond acceptors (Lipinski definition) is 1. The predicted molar refractivity (Wildman–Crippen MR) is 28.2 cm³/mol. The van der Waals surface area contributed by atoms with Crippen LogP contribution >= 0.6 is 0 Å². The molecule has 0 rings (SSSR count). The van der Waals surface area contributed by atoms with Gasteiger partial charge in [0.05, 0.1) is 0 Å².